The van der Waals surface area contributed by atoms with Crippen LogP contribution < -0.4 is 10.1 Å². The molecule has 0 spiro atoms. The number of carbonyl (C=O) groups is 1. The molecule has 0 aliphatic carbocycles. The van der Waals surface area contributed by atoms with E-state index in [-0.39, 0.29) is 18.6 Å². The van der Waals surface area contributed by atoms with Crippen LogP contribution in [0.4, 0.5) is 0 Å². The van der Waals surface area contributed by atoms with Gasteiger partial charge < -0.3 is 10.1 Å². The maximum atomic E-state index is 12.0. The summed E-state index contributed by atoms with van der Waals surface area (Å²) in [7, 11) is 0. The molecule has 2 aromatic rings. The van der Waals surface area contributed by atoms with Gasteiger partial charge in [-0.3, -0.25) is 4.79 Å². The molecule has 0 unspecified atom stereocenters. The first-order chi connectivity index (χ1) is 10.5. The molecule has 0 saturated heterocycles. The molecule has 2 rings (SSSR count). The SMILES string of the molecule is Cc1cccc(OCC(=O)N[C@H](C)c2ccc(C)c(C)c2)c1. The van der Waals surface area contributed by atoms with Crippen LogP contribution in [-0.2, 0) is 4.79 Å². The molecule has 1 N–H and O–H groups in total. The fraction of sp³-hybridized carbons (Fsp3) is 0.316. The molecule has 2 aromatic carbocycles. The number of benzene rings is 2. The number of nitrogens with one attached hydrogen (secondary N) is 1. The van der Waals surface area contributed by atoms with Gasteiger partial charge in [-0.1, -0.05) is 30.3 Å². The van der Waals surface area contributed by atoms with Crippen LogP contribution in [0.15, 0.2) is 42.5 Å². The molecule has 0 radical (unpaired) electrons. The lowest BCUT2D eigenvalue weighted by molar-refractivity contribution is -0.123. The Hall–Kier alpha value is -2.29. The molecule has 116 valence electrons. The number of ether oxygens (including phenoxy) is 1. The third kappa shape index (κ3) is 4.35. The van der Waals surface area contributed by atoms with E-state index in [9.17, 15) is 4.79 Å². The molecule has 1 amide bonds. The summed E-state index contributed by atoms with van der Waals surface area (Å²) in [6, 6.07) is 13.9. The van der Waals surface area contributed by atoms with Crippen molar-refractivity contribution in [3.63, 3.8) is 0 Å². The zero-order valence-corrected chi connectivity index (χ0v) is 13.6. The highest BCUT2D eigenvalue weighted by atomic mass is 16.5. The standard InChI is InChI=1S/C19H23NO2/c1-13-6-5-7-18(10-13)22-12-19(21)20-16(4)17-9-8-14(2)15(3)11-17/h5-11,16H,12H2,1-4H3,(H,20,21)/t16-/m1/s1. The van der Waals surface area contributed by atoms with E-state index in [4.69, 9.17) is 4.74 Å². The van der Waals surface area contributed by atoms with Crippen LogP contribution in [0.2, 0.25) is 0 Å². The van der Waals surface area contributed by atoms with Crippen molar-refractivity contribution in [2.45, 2.75) is 33.7 Å². The van der Waals surface area contributed by atoms with E-state index in [1.807, 2.05) is 38.1 Å². The Morgan fingerprint density at radius 3 is 2.55 bits per heavy atom. The fourth-order valence-electron chi connectivity index (χ4n) is 2.25. The number of rotatable bonds is 5. The summed E-state index contributed by atoms with van der Waals surface area (Å²) in [5.74, 6) is 0.598. The number of hydrogen-bond acceptors (Lipinski definition) is 2. The monoisotopic (exact) mass is 297 g/mol. The summed E-state index contributed by atoms with van der Waals surface area (Å²) in [5, 5.41) is 2.96. The number of carbonyl (C=O) groups excluding carboxylic acids is 1. The molecule has 3 heteroatoms. The first-order valence-corrected chi connectivity index (χ1v) is 7.51. The van der Waals surface area contributed by atoms with Crippen LogP contribution in [0.3, 0.4) is 0 Å². The second-order valence-corrected chi connectivity index (χ2v) is 5.74. The molecule has 0 saturated carbocycles. The van der Waals surface area contributed by atoms with E-state index < -0.39 is 0 Å². The van der Waals surface area contributed by atoms with Gasteiger partial charge in [0.05, 0.1) is 6.04 Å². The smallest absolute Gasteiger partial charge is 0.258 e. The third-order valence-corrected chi connectivity index (χ3v) is 3.77. The molecule has 22 heavy (non-hydrogen) atoms. The second-order valence-electron chi connectivity index (χ2n) is 5.74. The molecular formula is C19H23NO2. The average Bonchev–Trinajstić information content (AvgIpc) is 2.48. The van der Waals surface area contributed by atoms with Gasteiger partial charge >= 0.3 is 0 Å². The summed E-state index contributed by atoms with van der Waals surface area (Å²) < 4.78 is 5.52. The lowest BCUT2D eigenvalue weighted by atomic mass is 10.0. The van der Waals surface area contributed by atoms with Crippen molar-refractivity contribution in [1.29, 1.82) is 0 Å². The van der Waals surface area contributed by atoms with Gasteiger partial charge in [-0.15, -0.1) is 0 Å². The Kier molecular flexibility index (Phi) is 5.21. The summed E-state index contributed by atoms with van der Waals surface area (Å²) in [6.45, 7) is 8.16. The zero-order chi connectivity index (χ0) is 16.1. The lowest BCUT2D eigenvalue weighted by Gasteiger charge is -2.16. The number of aryl methyl sites for hydroxylation is 3. The molecule has 0 aliphatic heterocycles. The van der Waals surface area contributed by atoms with Crippen molar-refractivity contribution in [1.82, 2.24) is 5.32 Å². The van der Waals surface area contributed by atoms with Gasteiger partial charge in [-0.25, -0.2) is 0 Å². The quantitative estimate of drug-likeness (QED) is 0.910. The van der Waals surface area contributed by atoms with Crippen molar-refractivity contribution in [3.8, 4) is 5.75 Å². The summed E-state index contributed by atoms with van der Waals surface area (Å²) in [6.07, 6.45) is 0. The van der Waals surface area contributed by atoms with Gasteiger partial charge in [0.1, 0.15) is 5.75 Å². The topological polar surface area (TPSA) is 38.3 Å². The average molecular weight is 297 g/mol. The van der Waals surface area contributed by atoms with E-state index in [1.54, 1.807) is 0 Å². The van der Waals surface area contributed by atoms with Crippen LogP contribution in [0.5, 0.6) is 5.75 Å². The summed E-state index contributed by atoms with van der Waals surface area (Å²) >= 11 is 0. The number of amides is 1. The maximum absolute atomic E-state index is 12.0. The van der Waals surface area contributed by atoms with E-state index in [0.717, 1.165) is 11.1 Å². The summed E-state index contributed by atoms with van der Waals surface area (Å²) in [5.41, 5.74) is 4.70. The zero-order valence-electron chi connectivity index (χ0n) is 13.6. The molecule has 0 aromatic heterocycles. The minimum atomic E-state index is -0.118. The highest BCUT2D eigenvalue weighted by Crippen LogP contribution is 2.17. The van der Waals surface area contributed by atoms with Gasteiger partial charge in [0.25, 0.3) is 5.91 Å². The van der Waals surface area contributed by atoms with Crippen LogP contribution >= 0.6 is 0 Å². The Morgan fingerprint density at radius 2 is 1.86 bits per heavy atom. The van der Waals surface area contributed by atoms with Crippen LogP contribution in [-0.4, -0.2) is 12.5 Å². The van der Waals surface area contributed by atoms with Crippen molar-refractivity contribution in [2.24, 2.45) is 0 Å². The molecular weight excluding hydrogens is 274 g/mol. The van der Waals surface area contributed by atoms with Crippen molar-refractivity contribution in [2.75, 3.05) is 6.61 Å². The Balaban J connectivity index is 1.89. The van der Waals surface area contributed by atoms with Crippen molar-refractivity contribution in [3.05, 3.63) is 64.7 Å². The van der Waals surface area contributed by atoms with Crippen LogP contribution in [0, 0.1) is 20.8 Å². The van der Waals surface area contributed by atoms with Crippen LogP contribution in [0.25, 0.3) is 0 Å². The van der Waals surface area contributed by atoms with E-state index in [0.29, 0.717) is 5.75 Å². The molecule has 3 nitrogen and oxygen atoms in total. The van der Waals surface area contributed by atoms with E-state index in [1.165, 1.54) is 11.1 Å². The van der Waals surface area contributed by atoms with Crippen molar-refractivity contribution < 1.29 is 9.53 Å². The minimum Gasteiger partial charge on any atom is -0.484 e. The minimum absolute atomic E-state index is 0.0264. The normalized spacial score (nSPS) is 11.8. The molecule has 0 heterocycles. The highest BCUT2D eigenvalue weighted by Gasteiger charge is 2.10. The predicted octanol–water partition coefficient (Wildman–Crippen LogP) is 3.87. The van der Waals surface area contributed by atoms with Gasteiger partial charge in [0.15, 0.2) is 6.61 Å². The van der Waals surface area contributed by atoms with Gasteiger partial charge in [-0.05, 0) is 62.1 Å². The number of hydrogen-bond donors (Lipinski definition) is 1. The van der Waals surface area contributed by atoms with Gasteiger partial charge in [0, 0.05) is 0 Å². The van der Waals surface area contributed by atoms with Crippen molar-refractivity contribution >= 4 is 5.91 Å². The van der Waals surface area contributed by atoms with Gasteiger partial charge in [-0.2, -0.15) is 0 Å². The van der Waals surface area contributed by atoms with E-state index in [2.05, 4.69) is 37.4 Å². The third-order valence-electron chi connectivity index (χ3n) is 3.77. The largest absolute Gasteiger partial charge is 0.484 e. The Labute approximate surface area is 132 Å². The highest BCUT2D eigenvalue weighted by molar-refractivity contribution is 5.78. The molecule has 1 atom stereocenters. The fourth-order valence-corrected chi connectivity index (χ4v) is 2.25. The van der Waals surface area contributed by atoms with Crippen LogP contribution in [0.1, 0.15) is 35.2 Å². The van der Waals surface area contributed by atoms with Gasteiger partial charge in [0.2, 0.25) is 0 Å². The Morgan fingerprint density at radius 1 is 1.09 bits per heavy atom. The Bertz CT molecular complexity index is 664. The summed E-state index contributed by atoms with van der Waals surface area (Å²) in [4.78, 5) is 12.0. The first kappa shape index (κ1) is 16.1. The molecule has 0 aliphatic rings. The van der Waals surface area contributed by atoms with E-state index >= 15 is 0 Å². The first-order valence-electron chi connectivity index (χ1n) is 7.51. The predicted molar refractivity (Wildman–Crippen MR) is 89.1 cm³/mol. The molecule has 0 fully saturated rings. The maximum Gasteiger partial charge on any atom is 0.258 e. The second kappa shape index (κ2) is 7.12. The molecule has 0 bridgehead atoms. The lowest BCUT2D eigenvalue weighted by Crippen LogP contribution is -2.31.